The molecule has 1 aromatic rings. The second-order valence-corrected chi connectivity index (χ2v) is 4.28. The normalized spacial score (nSPS) is 15.3. The maximum Gasteiger partial charge on any atom is 0.120 e. The molecular weight excluding hydrogens is 190 g/mol. The number of aliphatic hydroxyl groups excluding tert-OH is 1. The monoisotopic (exact) mass is 209 g/mol. The Labute approximate surface area is 90.5 Å². The molecule has 3 heteroatoms. The van der Waals surface area contributed by atoms with Gasteiger partial charge in [0.15, 0.2) is 0 Å². The molecule has 4 N–H and O–H groups in total. The summed E-state index contributed by atoms with van der Waals surface area (Å²) in [5.74, 6) is 0.532. The van der Waals surface area contributed by atoms with E-state index in [1.54, 1.807) is 24.3 Å². The minimum absolute atomic E-state index is 0.146. The van der Waals surface area contributed by atoms with Crippen LogP contribution in [0.25, 0.3) is 0 Å². The number of aliphatic hydroxyl groups is 1. The fourth-order valence-corrected chi connectivity index (χ4v) is 1.61. The van der Waals surface area contributed by atoms with Crippen molar-refractivity contribution in [3.8, 4) is 5.75 Å². The summed E-state index contributed by atoms with van der Waals surface area (Å²) in [6, 6.07) is 6.34. The molecule has 0 saturated carbocycles. The first kappa shape index (κ1) is 12.0. The van der Waals surface area contributed by atoms with Gasteiger partial charge in [-0.25, -0.2) is 0 Å². The molecule has 2 atom stereocenters. The van der Waals surface area contributed by atoms with Crippen molar-refractivity contribution in [2.75, 3.05) is 0 Å². The predicted octanol–water partition coefficient (Wildman–Crippen LogP) is 1.80. The van der Waals surface area contributed by atoms with E-state index >= 15 is 0 Å². The van der Waals surface area contributed by atoms with Crippen LogP contribution in [0, 0.1) is 5.92 Å². The molecule has 0 aliphatic carbocycles. The molecule has 0 aliphatic rings. The third kappa shape index (κ3) is 3.22. The quantitative estimate of drug-likeness (QED) is 0.708. The molecular formula is C12H19NO2. The molecule has 1 aromatic carbocycles. The third-order valence-corrected chi connectivity index (χ3v) is 2.42. The van der Waals surface area contributed by atoms with Crippen LogP contribution in [0.1, 0.15) is 31.9 Å². The van der Waals surface area contributed by atoms with Gasteiger partial charge in [-0.3, -0.25) is 0 Å². The first-order valence-electron chi connectivity index (χ1n) is 5.24. The van der Waals surface area contributed by atoms with Gasteiger partial charge in [0.25, 0.3) is 0 Å². The lowest BCUT2D eigenvalue weighted by Gasteiger charge is -2.21. The van der Waals surface area contributed by atoms with E-state index in [9.17, 15) is 10.2 Å². The zero-order valence-electron chi connectivity index (χ0n) is 9.22. The summed E-state index contributed by atoms with van der Waals surface area (Å²) in [7, 11) is 0. The standard InChI is InChI=1S/C12H19NO2/c1-8(2)7-11(15)12(13)9-5-3-4-6-10(9)14/h3-6,8,11-12,14-15H,7,13H2,1-2H3/t11-,12+/m1/s1. The first-order valence-corrected chi connectivity index (χ1v) is 5.24. The van der Waals surface area contributed by atoms with Gasteiger partial charge in [-0.05, 0) is 18.4 Å². The fourth-order valence-electron chi connectivity index (χ4n) is 1.61. The number of phenols is 1. The predicted molar refractivity (Wildman–Crippen MR) is 60.5 cm³/mol. The maximum atomic E-state index is 9.83. The Morgan fingerprint density at radius 2 is 1.87 bits per heavy atom. The van der Waals surface area contributed by atoms with Gasteiger partial charge in [0.2, 0.25) is 0 Å². The van der Waals surface area contributed by atoms with Crippen LogP contribution in [0.5, 0.6) is 5.75 Å². The van der Waals surface area contributed by atoms with Crippen molar-refractivity contribution in [2.24, 2.45) is 11.7 Å². The van der Waals surface area contributed by atoms with Gasteiger partial charge in [0.05, 0.1) is 12.1 Å². The molecule has 0 fully saturated rings. The van der Waals surface area contributed by atoms with Gasteiger partial charge in [0, 0.05) is 5.56 Å². The Kier molecular flexibility index (Phi) is 4.12. The molecule has 15 heavy (non-hydrogen) atoms. The smallest absolute Gasteiger partial charge is 0.120 e. The number of benzene rings is 1. The summed E-state index contributed by atoms with van der Waals surface area (Å²) >= 11 is 0. The molecule has 3 nitrogen and oxygen atoms in total. The molecule has 0 amide bonds. The Bertz CT molecular complexity index is 312. The topological polar surface area (TPSA) is 66.5 Å². The highest BCUT2D eigenvalue weighted by molar-refractivity contribution is 5.34. The van der Waals surface area contributed by atoms with Crippen LogP contribution in [-0.2, 0) is 0 Å². The second-order valence-electron chi connectivity index (χ2n) is 4.28. The SMILES string of the molecule is CC(C)C[C@@H](O)[C@@H](N)c1ccccc1O. The number of rotatable bonds is 4. The molecule has 0 radical (unpaired) electrons. The Balaban J connectivity index is 2.76. The number of aromatic hydroxyl groups is 1. The summed E-state index contributed by atoms with van der Waals surface area (Å²) in [4.78, 5) is 0. The fraction of sp³-hybridized carbons (Fsp3) is 0.500. The highest BCUT2D eigenvalue weighted by atomic mass is 16.3. The molecule has 0 aliphatic heterocycles. The first-order chi connectivity index (χ1) is 7.02. The van der Waals surface area contributed by atoms with E-state index in [0.717, 1.165) is 0 Å². The van der Waals surface area contributed by atoms with Gasteiger partial charge in [-0.1, -0.05) is 32.0 Å². The largest absolute Gasteiger partial charge is 0.508 e. The lowest BCUT2D eigenvalue weighted by Crippen LogP contribution is -2.27. The number of para-hydroxylation sites is 1. The molecule has 1 rings (SSSR count). The molecule has 0 heterocycles. The van der Waals surface area contributed by atoms with Crippen LogP contribution in [-0.4, -0.2) is 16.3 Å². The molecule has 84 valence electrons. The average Bonchev–Trinajstić information content (AvgIpc) is 2.16. The van der Waals surface area contributed by atoms with E-state index < -0.39 is 12.1 Å². The van der Waals surface area contributed by atoms with Crippen molar-refractivity contribution in [2.45, 2.75) is 32.4 Å². The van der Waals surface area contributed by atoms with Gasteiger partial charge in [-0.15, -0.1) is 0 Å². The van der Waals surface area contributed by atoms with Gasteiger partial charge < -0.3 is 15.9 Å². The van der Waals surface area contributed by atoms with E-state index in [-0.39, 0.29) is 5.75 Å². The van der Waals surface area contributed by atoms with Gasteiger partial charge >= 0.3 is 0 Å². The van der Waals surface area contributed by atoms with E-state index in [1.807, 2.05) is 13.8 Å². The van der Waals surface area contributed by atoms with Crippen molar-refractivity contribution in [1.82, 2.24) is 0 Å². The Hall–Kier alpha value is -1.06. The van der Waals surface area contributed by atoms with E-state index in [2.05, 4.69) is 0 Å². The van der Waals surface area contributed by atoms with Crippen LogP contribution in [0.15, 0.2) is 24.3 Å². The molecule has 0 unspecified atom stereocenters. The van der Waals surface area contributed by atoms with E-state index in [4.69, 9.17) is 5.73 Å². The maximum absolute atomic E-state index is 9.83. The summed E-state index contributed by atoms with van der Waals surface area (Å²) in [6.45, 7) is 4.06. The Morgan fingerprint density at radius 3 is 2.40 bits per heavy atom. The van der Waals surface area contributed by atoms with E-state index in [1.165, 1.54) is 0 Å². The third-order valence-electron chi connectivity index (χ3n) is 2.42. The van der Waals surface area contributed by atoms with E-state index in [0.29, 0.717) is 17.9 Å². The van der Waals surface area contributed by atoms with Crippen molar-refractivity contribution in [1.29, 1.82) is 0 Å². The second kappa shape index (κ2) is 5.14. The van der Waals surface area contributed by atoms with Crippen LogP contribution in [0.4, 0.5) is 0 Å². The molecule has 0 spiro atoms. The number of nitrogens with two attached hydrogens (primary N) is 1. The number of phenolic OH excluding ortho intramolecular Hbond substituents is 1. The van der Waals surface area contributed by atoms with Crippen LogP contribution >= 0.6 is 0 Å². The average molecular weight is 209 g/mol. The lowest BCUT2D eigenvalue weighted by molar-refractivity contribution is 0.120. The van der Waals surface area contributed by atoms with Crippen molar-refractivity contribution < 1.29 is 10.2 Å². The zero-order chi connectivity index (χ0) is 11.4. The summed E-state index contributed by atoms with van der Waals surface area (Å²) in [5, 5.41) is 19.4. The zero-order valence-corrected chi connectivity index (χ0v) is 9.22. The van der Waals surface area contributed by atoms with Crippen LogP contribution in [0.2, 0.25) is 0 Å². The van der Waals surface area contributed by atoms with Crippen molar-refractivity contribution in [3.63, 3.8) is 0 Å². The minimum atomic E-state index is -0.613. The molecule has 0 aromatic heterocycles. The molecule has 0 saturated heterocycles. The van der Waals surface area contributed by atoms with Crippen LogP contribution < -0.4 is 5.73 Å². The number of hydrogen-bond donors (Lipinski definition) is 3. The number of hydrogen-bond acceptors (Lipinski definition) is 3. The summed E-state index contributed by atoms with van der Waals surface area (Å²) < 4.78 is 0. The van der Waals surface area contributed by atoms with Crippen molar-refractivity contribution in [3.05, 3.63) is 29.8 Å². The minimum Gasteiger partial charge on any atom is -0.508 e. The van der Waals surface area contributed by atoms with Gasteiger partial charge in [-0.2, -0.15) is 0 Å². The summed E-state index contributed by atoms with van der Waals surface area (Å²) in [6.07, 6.45) is 0.0217. The highest BCUT2D eigenvalue weighted by Crippen LogP contribution is 2.26. The molecule has 0 bridgehead atoms. The van der Waals surface area contributed by atoms with Crippen LogP contribution in [0.3, 0.4) is 0 Å². The Morgan fingerprint density at radius 1 is 1.27 bits per heavy atom. The summed E-state index contributed by atoms with van der Waals surface area (Å²) in [5.41, 5.74) is 6.48. The highest BCUT2D eigenvalue weighted by Gasteiger charge is 2.20. The van der Waals surface area contributed by atoms with Gasteiger partial charge in [0.1, 0.15) is 5.75 Å². The lowest BCUT2D eigenvalue weighted by atomic mass is 9.95. The van der Waals surface area contributed by atoms with Crippen molar-refractivity contribution >= 4 is 0 Å².